The Morgan fingerprint density at radius 3 is 2.80 bits per heavy atom. The number of methoxy groups -OCH3 is 1. The van der Waals surface area contributed by atoms with Gasteiger partial charge in [0.25, 0.3) is 0 Å². The summed E-state index contributed by atoms with van der Waals surface area (Å²) < 4.78 is 5.55. The van der Waals surface area contributed by atoms with Crippen molar-refractivity contribution >= 4 is 11.3 Å². The summed E-state index contributed by atoms with van der Waals surface area (Å²) >= 11 is 1.76. The van der Waals surface area contributed by atoms with Gasteiger partial charge in [0, 0.05) is 11.6 Å². The Morgan fingerprint density at radius 1 is 1.30 bits per heavy atom. The third kappa shape index (κ3) is 3.84. The highest BCUT2D eigenvalue weighted by molar-refractivity contribution is 7.07. The Morgan fingerprint density at radius 2 is 2.15 bits per heavy atom. The third-order valence-corrected chi connectivity index (χ3v) is 4.25. The Hall–Kier alpha value is -1.32. The molecule has 0 aliphatic carbocycles. The zero-order valence-electron chi connectivity index (χ0n) is 12.5. The lowest BCUT2D eigenvalue weighted by Crippen LogP contribution is -2.22. The van der Waals surface area contributed by atoms with Crippen LogP contribution in [0.25, 0.3) is 0 Å². The van der Waals surface area contributed by atoms with E-state index in [2.05, 4.69) is 54.2 Å². The van der Waals surface area contributed by atoms with E-state index in [9.17, 15) is 0 Å². The molecule has 0 bridgehead atoms. The minimum absolute atomic E-state index is 0.343. The highest BCUT2D eigenvalue weighted by Crippen LogP contribution is 2.29. The molecule has 1 heterocycles. The standard InChI is InChI=1S/C17H23NOS/c1-4-18-16(8-6-14-9-10-20-12-14)15-7-5-13(2)11-17(15)19-3/h5,7,9-12,16,18H,4,6,8H2,1-3H3. The number of nitrogens with one attached hydrogen (secondary N) is 1. The van der Waals surface area contributed by atoms with Crippen LogP contribution in [-0.4, -0.2) is 13.7 Å². The van der Waals surface area contributed by atoms with Gasteiger partial charge >= 0.3 is 0 Å². The van der Waals surface area contributed by atoms with Gasteiger partial charge in [-0.05, 0) is 60.3 Å². The Kier molecular flexibility index (Phi) is 5.62. The fourth-order valence-electron chi connectivity index (χ4n) is 2.47. The molecule has 0 saturated carbocycles. The van der Waals surface area contributed by atoms with Gasteiger partial charge in [0.1, 0.15) is 5.75 Å². The second-order valence-corrected chi connectivity index (χ2v) is 5.81. The molecule has 2 rings (SSSR count). The lowest BCUT2D eigenvalue weighted by molar-refractivity contribution is 0.396. The molecule has 3 heteroatoms. The number of aryl methyl sites for hydroxylation is 2. The van der Waals surface area contributed by atoms with Crippen LogP contribution in [0.15, 0.2) is 35.0 Å². The van der Waals surface area contributed by atoms with Gasteiger partial charge in [-0.1, -0.05) is 19.1 Å². The first-order valence-corrected chi connectivity index (χ1v) is 8.08. The molecule has 0 amide bonds. The average Bonchev–Trinajstić information content (AvgIpc) is 2.97. The highest BCUT2D eigenvalue weighted by Gasteiger charge is 2.15. The number of benzene rings is 1. The first-order chi connectivity index (χ1) is 9.74. The summed E-state index contributed by atoms with van der Waals surface area (Å²) in [4.78, 5) is 0. The maximum atomic E-state index is 5.55. The summed E-state index contributed by atoms with van der Waals surface area (Å²) in [7, 11) is 1.75. The van der Waals surface area contributed by atoms with Gasteiger partial charge in [-0.25, -0.2) is 0 Å². The van der Waals surface area contributed by atoms with Crippen LogP contribution in [-0.2, 0) is 6.42 Å². The largest absolute Gasteiger partial charge is 0.496 e. The minimum atomic E-state index is 0.343. The van der Waals surface area contributed by atoms with Crippen LogP contribution in [0.1, 0.15) is 36.1 Å². The molecule has 1 aromatic carbocycles. The molecule has 1 unspecified atom stereocenters. The SMILES string of the molecule is CCNC(CCc1ccsc1)c1ccc(C)cc1OC. The van der Waals surface area contributed by atoms with Crippen molar-refractivity contribution in [1.29, 1.82) is 0 Å². The van der Waals surface area contributed by atoms with Gasteiger partial charge in [0.05, 0.1) is 7.11 Å². The van der Waals surface area contributed by atoms with Crippen molar-refractivity contribution in [3.05, 3.63) is 51.7 Å². The van der Waals surface area contributed by atoms with E-state index in [-0.39, 0.29) is 0 Å². The van der Waals surface area contributed by atoms with Crippen molar-refractivity contribution in [3.63, 3.8) is 0 Å². The van der Waals surface area contributed by atoms with Gasteiger partial charge in [0.15, 0.2) is 0 Å². The molecule has 0 radical (unpaired) electrons. The van der Waals surface area contributed by atoms with E-state index in [0.29, 0.717) is 6.04 Å². The first kappa shape index (κ1) is 15.1. The fraction of sp³-hybridized carbons (Fsp3) is 0.412. The van der Waals surface area contributed by atoms with E-state index in [0.717, 1.165) is 25.1 Å². The van der Waals surface area contributed by atoms with Crippen LogP contribution in [0, 0.1) is 6.92 Å². The molecule has 2 nitrogen and oxygen atoms in total. The van der Waals surface area contributed by atoms with Crippen molar-refractivity contribution in [3.8, 4) is 5.75 Å². The summed E-state index contributed by atoms with van der Waals surface area (Å²) in [6.07, 6.45) is 2.18. The van der Waals surface area contributed by atoms with E-state index >= 15 is 0 Å². The summed E-state index contributed by atoms with van der Waals surface area (Å²) in [5.41, 5.74) is 3.91. The van der Waals surface area contributed by atoms with Gasteiger partial charge in [-0.15, -0.1) is 0 Å². The Labute approximate surface area is 125 Å². The van der Waals surface area contributed by atoms with E-state index in [4.69, 9.17) is 4.74 Å². The molecular weight excluding hydrogens is 266 g/mol. The predicted octanol–water partition coefficient (Wildman–Crippen LogP) is 4.35. The number of ether oxygens (including phenoxy) is 1. The summed E-state index contributed by atoms with van der Waals surface area (Å²) in [6, 6.07) is 9.02. The molecule has 0 aliphatic heterocycles. The van der Waals surface area contributed by atoms with Crippen molar-refractivity contribution < 1.29 is 4.74 Å². The number of rotatable bonds is 7. The molecule has 1 N–H and O–H groups in total. The fourth-order valence-corrected chi connectivity index (χ4v) is 3.17. The zero-order valence-corrected chi connectivity index (χ0v) is 13.3. The van der Waals surface area contributed by atoms with Crippen molar-refractivity contribution in [2.45, 2.75) is 32.7 Å². The van der Waals surface area contributed by atoms with Crippen molar-refractivity contribution in [2.75, 3.05) is 13.7 Å². The molecule has 1 aromatic heterocycles. The maximum Gasteiger partial charge on any atom is 0.123 e. The van der Waals surface area contributed by atoms with Crippen LogP contribution in [0.5, 0.6) is 5.75 Å². The Bertz CT molecular complexity index is 522. The highest BCUT2D eigenvalue weighted by atomic mass is 32.1. The van der Waals surface area contributed by atoms with Crippen molar-refractivity contribution in [1.82, 2.24) is 5.32 Å². The molecule has 2 aromatic rings. The third-order valence-electron chi connectivity index (χ3n) is 3.52. The second-order valence-electron chi connectivity index (χ2n) is 5.03. The van der Waals surface area contributed by atoms with Crippen molar-refractivity contribution in [2.24, 2.45) is 0 Å². The zero-order chi connectivity index (χ0) is 14.4. The van der Waals surface area contributed by atoms with Gasteiger partial charge in [0.2, 0.25) is 0 Å². The average molecular weight is 289 g/mol. The van der Waals surface area contributed by atoms with E-state index in [1.165, 1.54) is 16.7 Å². The minimum Gasteiger partial charge on any atom is -0.496 e. The lowest BCUT2D eigenvalue weighted by Gasteiger charge is -2.21. The number of hydrogen-bond acceptors (Lipinski definition) is 3. The topological polar surface area (TPSA) is 21.3 Å². The molecule has 0 aliphatic rings. The quantitative estimate of drug-likeness (QED) is 0.818. The van der Waals surface area contributed by atoms with Gasteiger partial charge in [-0.3, -0.25) is 0 Å². The van der Waals surface area contributed by atoms with Crippen LogP contribution >= 0.6 is 11.3 Å². The maximum absolute atomic E-state index is 5.55. The summed E-state index contributed by atoms with van der Waals surface area (Å²) in [6.45, 7) is 5.21. The molecule has 0 fully saturated rings. The van der Waals surface area contributed by atoms with E-state index in [1.54, 1.807) is 18.4 Å². The van der Waals surface area contributed by atoms with Gasteiger partial charge < -0.3 is 10.1 Å². The predicted molar refractivity (Wildman–Crippen MR) is 86.8 cm³/mol. The lowest BCUT2D eigenvalue weighted by atomic mass is 9.98. The monoisotopic (exact) mass is 289 g/mol. The van der Waals surface area contributed by atoms with Crippen LogP contribution in [0.2, 0.25) is 0 Å². The Balaban J connectivity index is 2.14. The molecule has 20 heavy (non-hydrogen) atoms. The molecule has 108 valence electrons. The van der Waals surface area contributed by atoms with Gasteiger partial charge in [-0.2, -0.15) is 11.3 Å². The smallest absolute Gasteiger partial charge is 0.123 e. The molecular formula is C17H23NOS. The van der Waals surface area contributed by atoms with Crippen LogP contribution < -0.4 is 10.1 Å². The van der Waals surface area contributed by atoms with Crippen LogP contribution in [0.4, 0.5) is 0 Å². The second kappa shape index (κ2) is 7.46. The molecule has 1 atom stereocenters. The normalized spacial score (nSPS) is 12.3. The molecule has 0 saturated heterocycles. The number of hydrogen-bond donors (Lipinski definition) is 1. The first-order valence-electron chi connectivity index (χ1n) is 7.13. The molecule has 0 spiro atoms. The van der Waals surface area contributed by atoms with E-state index in [1.807, 2.05) is 0 Å². The summed E-state index contributed by atoms with van der Waals surface area (Å²) in [5.74, 6) is 0.987. The van der Waals surface area contributed by atoms with E-state index < -0.39 is 0 Å². The van der Waals surface area contributed by atoms with Crippen LogP contribution in [0.3, 0.4) is 0 Å². The summed E-state index contributed by atoms with van der Waals surface area (Å²) in [5, 5.41) is 7.95. The number of thiophene rings is 1.